The summed E-state index contributed by atoms with van der Waals surface area (Å²) < 4.78 is 22.6. The minimum atomic E-state index is -3.13. The van der Waals surface area contributed by atoms with Gasteiger partial charge in [-0.25, -0.2) is 8.42 Å². The van der Waals surface area contributed by atoms with Crippen LogP contribution in [-0.2, 0) is 16.4 Å². The zero-order valence-corrected chi connectivity index (χ0v) is 12.6. The lowest BCUT2D eigenvalue weighted by atomic mass is 9.97. The summed E-state index contributed by atoms with van der Waals surface area (Å²) in [6.07, 6.45) is 2.62. The quantitative estimate of drug-likeness (QED) is 0.800. The van der Waals surface area contributed by atoms with E-state index in [1.54, 1.807) is 24.3 Å². The molecule has 0 amide bonds. The van der Waals surface area contributed by atoms with Gasteiger partial charge in [0, 0.05) is 19.3 Å². The summed E-state index contributed by atoms with van der Waals surface area (Å²) in [5, 5.41) is 13.3. The highest BCUT2D eigenvalue weighted by Crippen LogP contribution is 2.14. The van der Waals surface area contributed by atoms with Crippen LogP contribution in [-0.4, -0.2) is 31.9 Å². The van der Waals surface area contributed by atoms with E-state index in [1.807, 2.05) is 13.8 Å². The molecule has 19 heavy (non-hydrogen) atoms. The molecule has 108 valence electrons. The molecule has 0 radical (unpaired) electrons. The fourth-order valence-electron chi connectivity index (χ4n) is 1.79. The Morgan fingerprint density at radius 2 is 1.68 bits per heavy atom. The van der Waals surface area contributed by atoms with E-state index in [4.69, 9.17) is 0 Å². The Hall–Kier alpha value is -0.910. The van der Waals surface area contributed by atoms with E-state index in [-0.39, 0.29) is 0 Å². The third-order valence-electron chi connectivity index (χ3n) is 3.45. The van der Waals surface area contributed by atoms with Crippen LogP contribution in [0.2, 0.25) is 0 Å². The maximum atomic E-state index is 11.3. The second-order valence-electron chi connectivity index (χ2n) is 4.95. The minimum Gasteiger partial charge on any atom is -0.389 e. The molecule has 0 heterocycles. The summed E-state index contributed by atoms with van der Waals surface area (Å²) in [4.78, 5) is 0.329. The molecule has 0 aliphatic heterocycles. The lowest BCUT2D eigenvalue weighted by Gasteiger charge is -2.25. The number of hydrogen-bond acceptors (Lipinski definition) is 4. The molecule has 1 aromatic carbocycles. The van der Waals surface area contributed by atoms with Crippen molar-refractivity contribution in [1.82, 2.24) is 5.32 Å². The van der Waals surface area contributed by atoms with Gasteiger partial charge >= 0.3 is 0 Å². The van der Waals surface area contributed by atoms with E-state index in [9.17, 15) is 13.5 Å². The highest BCUT2D eigenvalue weighted by Gasteiger charge is 2.21. The van der Waals surface area contributed by atoms with Gasteiger partial charge in [-0.05, 0) is 30.5 Å². The number of hydrogen-bond donors (Lipinski definition) is 2. The van der Waals surface area contributed by atoms with Gasteiger partial charge in [-0.2, -0.15) is 0 Å². The van der Waals surface area contributed by atoms with Crippen molar-refractivity contribution in [2.24, 2.45) is 0 Å². The van der Waals surface area contributed by atoms with Crippen molar-refractivity contribution in [3.05, 3.63) is 29.8 Å². The first kappa shape index (κ1) is 16.1. The van der Waals surface area contributed by atoms with Gasteiger partial charge in [0.05, 0.1) is 10.5 Å². The largest absolute Gasteiger partial charge is 0.389 e. The number of benzene rings is 1. The summed E-state index contributed by atoms with van der Waals surface area (Å²) in [5.74, 6) is 0. The van der Waals surface area contributed by atoms with Crippen molar-refractivity contribution in [2.45, 2.75) is 43.7 Å². The first-order chi connectivity index (χ1) is 8.80. The first-order valence-electron chi connectivity index (χ1n) is 6.53. The van der Waals surface area contributed by atoms with Crippen molar-refractivity contribution in [3.63, 3.8) is 0 Å². The molecular weight excluding hydrogens is 262 g/mol. The SMILES string of the molecule is CCC(O)(CC)CNCc1ccc(S(C)(=O)=O)cc1. The Morgan fingerprint density at radius 3 is 2.11 bits per heavy atom. The zero-order chi connectivity index (χ0) is 14.5. The molecular formula is C14H23NO3S. The average Bonchev–Trinajstić information content (AvgIpc) is 2.38. The second-order valence-corrected chi connectivity index (χ2v) is 6.97. The number of rotatable bonds is 7. The van der Waals surface area contributed by atoms with Gasteiger partial charge in [-0.1, -0.05) is 26.0 Å². The van der Waals surface area contributed by atoms with Crippen LogP contribution >= 0.6 is 0 Å². The van der Waals surface area contributed by atoms with Gasteiger partial charge in [-0.15, -0.1) is 0 Å². The predicted octanol–water partition coefficient (Wildman–Crippen LogP) is 1.73. The van der Waals surface area contributed by atoms with Crippen LogP contribution in [0, 0.1) is 0 Å². The number of nitrogens with one attached hydrogen (secondary N) is 1. The molecule has 0 saturated heterocycles. The molecule has 0 aliphatic carbocycles. The first-order valence-corrected chi connectivity index (χ1v) is 8.42. The van der Waals surface area contributed by atoms with Gasteiger partial charge in [0.15, 0.2) is 9.84 Å². The van der Waals surface area contributed by atoms with Crippen LogP contribution in [0.3, 0.4) is 0 Å². The van der Waals surface area contributed by atoms with Crippen molar-refractivity contribution in [1.29, 1.82) is 0 Å². The van der Waals surface area contributed by atoms with E-state index in [1.165, 1.54) is 6.26 Å². The van der Waals surface area contributed by atoms with Crippen LogP contribution in [0.15, 0.2) is 29.2 Å². The van der Waals surface area contributed by atoms with Crippen molar-refractivity contribution in [3.8, 4) is 0 Å². The Morgan fingerprint density at radius 1 is 1.16 bits per heavy atom. The van der Waals surface area contributed by atoms with Crippen molar-refractivity contribution < 1.29 is 13.5 Å². The third-order valence-corrected chi connectivity index (χ3v) is 4.58. The fraction of sp³-hybridized carbons (Fsp3) is 0.571. The minimum absolute atomic E-state index is 0.329. The summed E-state index contributed by atoms with van der Waals surface area (Å²) in [5.41, 5.74) is 0.342. The summed E-state index contributed by atoms with van der Waals surface area (Å²) in [6, 6.07) is 6.80. The van der Waals surface area contributed by atoms with Crippen LogP contribution in [0.1, 0.15) is 32.3 Å². The van der Waals surface area contributed by atoms with E-state index in [2.05, 4.69) is 5.32 Å². The van der Waals surface area contributed by atoms with Crippen LogP contribution in [0.5, 0.6) is 0 Å². The normalized spacial score (nSPS) is 12.6. The Labute approximate surface area is 115 Å². The molecule has 0 atom stereocenters. The highest BCUT2D eigenvalue weighted by atomic mass is 32.2. The molecule has 1 aromatic rings. The summed E-state index contributed by atoms with van der Waals surface area (Å²) >= 11 is 0. The topological polar surface area (TPSA) is 66.4 Å². The molecule has 0 aromatic heterocycles. The molecule has 5 heteroatoms. The smallest absolute Gasteiger partial charge is 0.175 e. The molecule has 0 saturated carbocycles. The predicted molar refractivity (Wildman–Crippen MR) is 76.8 cm³/mol. The zero-order valence-electron chi connectivity index (χ0n) is 11.8. The lowest BCUT2D eigenvalue weighted by Crippen LogP contribution is -2.39. The standard InChI is InChI=1S/C14H23NO3S/c1-4-14(16,5-2)11-15-10-12-6-8-13(9-7-12)19(3,17)18/h6-9,15-16H,4-5,10-11H2,1-3H3. The molecule has 0 spiro atoms. The highest BCUT2D eigenvalue weighted by molar-refractivity contribution is 7.90. The molecule has 2 N–H and O–H groups in total. The maximum absolute atomic E-state index is 11.3. The molecule has 4 nitrogen and oxygen atoms in total. The van der Waals surface area contributed by atoms with Gasteiger partial charge in [0.2, 0.25) is 0 Å². The monoisotopic (exact) mass is 285 g/mol. The molecule has 1 rings (SSSR count). The Balaban J connectivity index is 2.56. The molecule has 0 fully saturated rings. The van der Waals surface area contributed by atoms with Crippen molar-refractivity contribution in [2.75, 3.05) is 12.8 Å². The van der Waals surface area contributed by atoms with Crippen molar-refractivity contribution >= 4 is 9.84 Å². The number of aliphatic hydroxyl groups is 1. The van der Waals surface area contributed by atoms with E-state index >= 15 is 0 Å². The van der Waals surface area contributed by atoms with E-state index < -0.39 is 15.4 Å². The van der Waals surface area contributed by atoms with E-state index in [0.717, 1.165) is 5.56 Å². The van der Waals surface area contributed by atoms with Gasteiger partial charge in [0.1, 0.15) is 0 Å². The molecule has 0 aliphatic rings. The average molecular weight is 285 g/mol. The van der Waals surface area contributed by atoms with Crippen LogP contribution in [0.25, 0.3) is 0 Å². The summed E-state index contributed by atoms with van der Waals surface area (Å²) in [7, 11) is -3.13. The van der Waals surface area contributed by atoms with Gasteiger partial charge in [-0.3, -0.25) is 0 Å². The van der Waals surface area contributed by atoms with Crippen LogP contribution < -0.4 is 5.32 Å². The van der Waals surface area contributed by atoms with Crippen LogP contribution in [0.4, 0.5) is 0 Å². The number of sulfone groups is 1. The Kier molecular flexibility index (Phi) is 5.52. The molecule has 0 unspecified atom stereocenters. The van der Waals surface area contributed by atoms with Gasteiger partial charge < -0.3 is 10.4 Å². The summed E-state index contributed by atoms with van der Waals surface area (Å²) in [6.45, 7) is 5.08. The van der Waals surface area contributed by atoms with Gasteiger partial charge in [0.25, 0.3) is 0 Å². The van der Waals surface area contributed by atoms with E-state index in [0.29, 0.717) is 30.8 Å². The third kappa shape index (κ3) is 4.93. The second kappa shape index (κ2) is 6.50. The maximum Gasteiger partial charge on any atom is 0.175 e. The lowest BCUT2D eigenvalue weighted by molar-refractivity contribution is 0.0323. The Bertz CT molecular complexity index is 490. The fourth-order valence-corrected chi connectivity index (χ4v) is 2.42. The molecule has 0 bridgehead atoms.